The average Bonchev–Trinajstić information content (AvgIpc) is 3.28. The maximum absolute atomic E-state index is 12.5. The summed E-state index contributed by atoms with van der Waals surface area (Å²) in [6.07, 6.45) is 6.69. The van der Waals surface area contributed by atoms with Crippen LogP contribution in [0.25, 0.3) is 11.1 Å². The maximum Gasteiger partial charge on any atom is 0.253 e. The minimum atomic E-state index is 0.125. The highest BCUT2D eigenvalue weighted by Gasteiger charge is 2.18. The number of hydrogen-bond donors (Lipinski definition) is 0. The van der Waals surface area contributed by atoms with E-state index in [4.69, 9.17) is 9.26 Å². The molecular formula is C22H22N2O3. The summed E-state index contributed by atoms with van der Waals surface area (Å²) in [4.78, 5) is 14.5. The van der Waals surface area contributed by atoms with Gasteiger partial charge in [-0.15, -0.1) is 0 Å². The van der Waals surface area contributed by atoms with E-state index in [2.05, 4.69) is 5.16 Å². The van der Waals surface area contributed by atoms with Crippen molar-refractivity contribution in [3.8, 4) is 16.9 Å². The molecule has 1 fully saturated rings. The Morgan fingerprint density at radius 1 is 1.04 bits per heavy atom. The molecule has 138 valence electrons. The second-order valence-corrected chi connectivity index (χ2v) is 6.75. The normalized spacial score (nSPS) is 14.1. The second-order valence-electron chi connectivity index (χ2n) is 6.75. The quantitative estimate of drug-likeness (QED) is 0.668. The molecule has 5 heteroatoms. The lowest BCUT2D eigenvalue weighted by Crippen LogP contribution is -2.35. The van der Waals surface area contributed by atoms with Crippen molar-refractivity contribution in [1.29, 1.82) is 0 Å². The van der Waals surface area contributed by atoms with Gasteiger partial charge in [-0.2, -0.15) is 0 Å². The number of piperidine rings is 1. The molecule has 1 saturated heterocycles. The average molecular weight is 362 g/mol. The van der Waals surface area contributed by atoms with E-state index in [1.165, 1.54) is 6.42 Å². The third-order valence-electron chi connectivity index (χ3n) is 4.87. The van der Waals surface area contributed by atoms with E-state index in [0.717, 1.165) is 53.9 Å². The van der Waals surface area contributed by atoms with Crippen LogP contribution < -0.4 is 4.74 Å². The molecule has 0 spiro atoms. The SMILES string of the molecule is O=C(c1ccc(COc2ccccc2-c2cnoc2)cc1)N1CCCCC1. The fourth-order valence-electron chi connectivity index (χ4n) is 3.35. The van der Waals surface area contributed by atoms with Crippen LogP contribution in [0.2, 0.25) is 0 Å². The fourth-order valence-corrected chi connectivity index (χ4v) is 3.35. The Morgan fingerprint density at radius 3 is 2.56 bits per heavy atom. The molecule has 2 aromatic carbocycles. The van der Waals surface area contributed by atoms with Crippen molar-refractivity contribution >= 4 is 5.91 Å². The number of aromatic nitrogens is 1. The van der Waals surface area contributed by atoms with Gasteiger partial charge in [0.05, 0.1) is 6.20 Å². The van der Waals surface area contributed by atoms with Crippen LogP contribution in [-0.4, -0.2) is 29.1 Å². The molecule has 0 unspecified atom stereocenters. The Labute approximate surface area is 158 Å². The summed E-state index contributed by atoms with van der Waals surface area (Å²) in [5.41, 5.74) is 3.58. The van der Waals surface area contributed by atoms with Crippen LogP contribution in [0.15, 0.2) is 65.5 Å². The van der Waals surface area contributed by atoms with E-state index < -0.39 is 0 Å². The lowest BCUT2D eigenvalue weighted by Gasteiger charge is -2.26. The zero-order valence-corrected chi connectivity index (χ0v) is 15.1. The van der Waals surface area contributed by atoms with E-state index in [0.29, 0.717) is 6.61 Å². The van der Waals surface area contributed by atoms with Crippen molar-refractivity contribution in [2.24, 2.45) is 0 Å². The van der Waals surface area contributed by atoms with Crippen molar-refractivity contribution in [2.45, 2.75) is 25.9 Å². The van der Waals surface area contributed by atoms with E-state index in [-0.39, 0.29) is 5.91 Å². The molecule has 0 radical (unpaired) electrons. The molecule has 0 bridgehead atoms. The highest BCUT2D eigenvalue weighted by Crippen LogP contribution is 2.30. The Balaban J connectivity index is 1.42. The Morgan fingerprint density at radius 2 is 1.81 bits per heavy atom. The number of nitrogens with zero attached hydrogens (tertiary/aromatic N) is 2. The van der Waals surface area contributed by atoms with Gasteiger partial charge in [0.2, 0.25) is 0 Å². The first-order valence-electron chi connectivity index (χ1n) is 9.31. The third-order valence-corrected chi connectivity index (χ3v) is 4.87. The standard InChI is InChI=1S/C22H22N2O3/c25-22(24-12-4-1-5-13-24)18-10-8-17(9-11-18)15-26-21-7-3-2-6-20(21)19-14-23-27-16-19/h2-3,6-11,14,16H,1,4-5,12-13,15H2. The van der Waals surface area contributed by atoms with E-state index in [1.54, 1.807) is 12.5 Å². The first-order chi connectivity index (χ1) is 13.3. The van der Waals surface area contributed by atoms with Gasteiger partial charge in [0.1, 0.15) is 18.6 Å². The first-order valence-corrected chi connectivity index (χ1v) is 9.31. The zero-order valence-electron chi connectivity index (χ0n) is 15.1. The molecule has 0 saturated carbocycles. The van der Waals surface area contributed by atoms with Crippen LogP contribution >= 0.6 is 0 Å². The Kier molecular flexibility index (Phi) is 5.19. The van der Waals surface area contributed by atoms with Gasteiger partial charge in [-0.1, -0.05) is 35.5 Å². The van der Waals surface area contributed by atoms with E-state index in [9.17, 15) is 4.79 Å². The molecule has 4 rings (SSSR count). The first kappa shape index (κ1) is 17.3. The monoisotopic (exact) mass is 362 g/mol. The number of likely N-dealkylation sites (tertiary alicyclic amines) is 1. The molecule has 0 atom stereocenters. The third kappa shape index (κ3) is 4.03. The second kappa shape index (κ2) is 8.08. The number of ether oxygens (including phenoxy) is 1. The lowest BCUT2D eigenvalue weighted by atomic mass is 10.1. The van der Waals surface area contributed by atoms with Crippen LogP contribution in [-0.2, 0) is 6.61 Å². The van der Waals surface area contributed by atoms with E-state index in [1.807, 2.05) is 53.4 Å². The Bertz CT molecular complexity index is 882. The number of amides is 1. The van der Waals surface area contributed by atoms with Crippen LogP contribution in [0.5, 0.6) is 5.75 Å². The molecule has 5 nitrogen and oxygen atoms in total. The predicted molar refractivity (Wildman–Crippen MR) is 102 cm³/mol. The molecular weight excluding hydrogens is 340 g/mol. The summed E-state index contributed by atoms with van der Waals surface area (Å²) < 4.78 is 10.9. The van der Waals surface area contributed by atoms with Crippen molar-refractivity contribution in [2.75, 3.05) is 13.1 Å². The molecule has 0 N–H and O–H groups in total. The maximum atomic E-state index is 12.5. The van der Waals surface area contributed by atoms with Crippen LogP contribution in [0.3, 0.4) is 0 Å². The van der Waals surface area contributed by atoms with Gasteiger partial charge >= 0.3 is 0 Å². The van der Waals surface area contributed by atoms with Gasteiger partial charge in [-0.3, -0.25) is 4.79 Å². The molecule has 1 amide bonds. The van der Waals surface area contributed by atoms with Crippen molar-refractivity contribution in [3.63, 3.8) is 0 Å². The smallest absolute Gasteiger partial charge is 0.253 e. The number of carbonyl (C=O) groups excluding carboxylic acids is 1. The van der Waals surface area contributed by atoms with Gasteiger partial charge < -0.3 is 14.2 Å². The molecule has 0 aliphatic carbocycles. The summed E-state index contributed by atoms with van der Waals surface area (Å²) in [6.45, 7) is 2.16. The minimum Gasteiger partial charge on any atom is -0.488 e. The van der Waals surface area contributed by atoms with Gasteiger partial charge in [-0.25, -0.2) is 0 Å². The number of para-hydroxylation sites is 1. The minimum absolute atomic E-state index is 0.125. The summed E-state index contributed by atoms with van der Waals surface area (Å²) in [7, 11) is 0. The van der Waals surface area contributed by atoms with Gasteiger partial charge in [0.15, 0.2) is 0 Å². The largest absolute Gasteiger partial charge is 0.488 e. The van der Waals surface area contributed by atoms with E-state index >= 15 is 0 Å². The van der Waals surface area contributed by atoms with Crippen molar-refractivity contribution < 1.29 is 14.1 Å². The molecule has 3 aromatic rings. The van der Waals surface area contributed by atoms with Gasteiger partial charge in [-0.05, 0) is 43.0 Å². The molecule has 2 heterocycles. The number of rotatable bonds is 5. The molecule has 1 aliphatic rings. The number of hydrogen-bond acceptors (Lipinski definition) is 4. The molecule has 1 aromatic heterocycles. The van der Waals surface area contributed by atoms with Crippen LogP contribution in [0.1, 0.15) is 35.2 Å². The summed E-state index contributed by atoms with van der Waals surface area (Å²) in [6, 6.07) is 15.5. The lowest BCUT2D eigenvalue weighted by molar-refractivity contribution is 0.0724. The van der Waals surface area contributed by atoms with Gasteiger partial charge in [0.25, 0.3) is 5.91 Å². The predicted octanol–water partition coefficient (Wildman–Crippen LogP) is 4.55. The summed E-state index contributed by atoms with van der Waals surface area (Å²) in [5.74, 6) is 0.897. The highest BCUT2D eigenvalue weighted by molar-refractivity contribution is 5.94. The number of carbonyl (C=O) groups is 1. The topological polar surface area (TPSA) is 55.6 Å². The van der Waals surface area contributed by atoms with Crippen molar-refractivity contribution in [1.82, 2.24) is 10.1 Å². The summed E-state index contributed by atoms with van der Waals surface area (Å²) in [5, 5.41) is 3.76. The number of benzene rings is 2. The Hall–Kier alpha value is -3.08. The van der Waals surface area contributed by atoms with Crippen molar-refractivity contribution in [3.05, 3.63) is 72.1 Å². The molecule has 27 heavy (non-hydrogen) atoms. The van der Waals surface area contributed by atoms with Crippen LogP contribution in [0.4, 0.5) is 0 Å². The molecule has 1 aliphatic heterocycles. The van der Waals surface area contributed by atoms with Crippen LogP contribution in [0, 0.1) is 0 Å². The fraction of sp³-hybridized carbons (Fsp3) is 0.273. The van der Waals surface area contributed by atoms with Gasteiger partial charge in [0, 0.05) is 29.8 Å². The summed E-state index contributed by atoms with van der Waals surface area (Å²) >= 11 is 0. The zero-order chi connectivity index (χ0) is 18.5. The highest BCUT2D eigenvalue weighted by atomic mass is 16.5.